The summed E-state index contributed by atoms with van der Waals surface area (Å²) in [6.07, 6.45) is -9.64. The molecule has 0 fully saturated rings. The van der Waals surface area contributed by atoms with Crippen LogP contribution in [0.2, 0.25) is 0 Å². The summed E-state index contributed by atoms with van der Waals surface area (Å²) in [6, 6.07) is 17.8. The van der Waals surface area contributed by atoms with Gasteiger partial charge in [-0.2, -0.15) is 26.3 Å². The number of alkyl halides is 6. The zero-order valence-corrected chi connectivity index (χ0v) is 21.9. The van der Waals surface area contributed by atoms with Crippen molar-refractivity contribution in [2.24, 2.45) is 0 Å². The number of aromatic hydroxyl groups is 1. The van der Waals surface area contributed by atoms with Crippen molar-refractivity contribution in [2.45, 2.75) is 24.8 Å². The molecule has 0 saturated carbocycles. The van der Waals surface area contributed by atoms with E-state index in [0.29, 0.717) is 5.56 Å². The van der Waals surface area contributed by atoms with Crippen molar-refractivity contribution in [3.63, 3.8) is 0 Å². The van der Waals surface area contributed by atoms with Crippen molar-refractivity contribution in [1.82, 2.24) is 5.32 Å². The molecule has 0 aliphatic carbocycles. The molecule has 0 saturated heterocycles. The fourth-order valence-corrected chi connectivity index (χ4v) is 4.48. The van der Waals surface area contributed by atoms with Crippen LogP contribution >= 0.6 is 0 Å². The molecule has 0 aliphatic heterocycles. The molecular formula is C31H23F6NO4. The van der Waals surface area contributed by atoms with Crippen LogP contribution in [0.25, 0.3) is 22.3 Å². The summed E-state index contributed by atoms with van der Waals surface area (Å²) < 4.78 is 85.9. The summed E-state index contributed by atoms with van der Waals surface area (Å²) in [5.74, 6) is -2.14. The lowest BCUT2D eigenvalue weighted by Gasteiger charge is -2.20. The van der Waals surface area contributed by atoms with Crippen LogP contribution in [0.5, 0.6) is 5.75 Å². The van der Waals surface area contributed by atoms with E-state index in [4.69, 9.17) is 4.74 Å². The number of methoxy groups -OCH3 is 1. The molecule has 2 N–H and O–H groups in total. The Kier molecular flexibility index (Phi) is 8.60. The van der Waals surface area contributed by atoms with Gasteiger partial charge in [0, 0.05) is 0 Å². The molecule has 42 heavy (non-hydrogen) atoms. The number of rotatable bonds is 7. The number of carbonyl (C=O) groups is 2. The van der Waals surface area contributed by atoms with Crippen LogP contribution in [0.1, 0.15) is 39.5 Å². The molecule has 0 aromatic heterocycles. The monoisotopic (exact) mass is 587 g/mol. The largest absolute Gasteiger partial charge is 0.507 e. The van der Waals surface area contributed by atoms with Gasteiger partial charge in [0.05, 0.1) is 36.3 Å². The quantitative estimate of drug-likeness (QED) is 0.171. The van der Waals surface area contributed by atoms with E-state index in [1.54, 1.807) is 0 Å². The van der Waals surface area contributed by atoms with Gasteiger partial charge in [0.1, 0.15) is 5.75 Å². The molecule has 0 heterocycles. The minimum Gasteiger partial charge on any atom is -0.507 e. The van der Waals surface area contributed by atoms with Crippen LogP contribution in [0, 0.1) is 0 Å². The van der Waals surface area contributed by atoms with E-state index in [-0.39, 0.29) is 34.2 Å². The highest BCUT2D eigenvalue weighted by atomic mass is 19.4. The number of esters is 1. The van der Waals surface area contributed by atoms with Gasteiger partial charge in [0.15, 0.2) is 0 Å². The lowest BCUT2D eigenvalue weighted by atomic mass is 9.95. The van der Waals surface area contributed by atoms with Gasteiger partial charge < -0.3 is 15.2 Å². The van der Waals surface area contributed by atoms with E-state index in [0.717, 1.165) is 31.4 Å². The number of hydrogen-bond donors (Lipinski definition) is 2. The molecule has 1 amide bonds. The third-order valence-electron chi connectivity index (χ3n) is 6.54. The van der Waals surface area contributed by atoms with Crippen molar-refractivity contribution < 1.29 is 45.8 Å². The van der Waals surface area contributed by atoms with Crippen LogP contribution in [0.3, 0.4) is 0 Å². The Morgan fingerprint density at radius 1 is 0.762 bits per heavy atom. The standard InChI is InChI=1S/C31H23F6NO4/c1-42-28(40)17-26(19-12-10-18(11-13-19)21-6-2-4-8-24(21)30(32,33)34)38-29(41)23-16-20(14-15-27(23)39)22-7-3-5-9-25(22)31(35,36)37/h2-16,26,39H,17H2,1H3,(H,38,41). The minimum absolute atomic E-state index is 0.0167. The lowest BCUT2D eigenvalue weighted by Crippen LogP contribution is -2.30. The Morgan fingerprint density at radius 2 is 1.26 bits per heavy atom. The number of carbonyl (C=O) groups excluding carboxylic acids is 2. The van der Waals surface area contributed by atoms with Crippen LogP contribution in [0.15, 0.2) is 91.0 Å². The van der Waals surface area contributed by atoms with E-state index in [1.807, 2.05) is 0 Å². The van der Waals surface area contributed by atoms with Crippen LogP contribution < -0.4 is 5.32 Å². The molecule has 0 radical (unpaired) electrons. The molecule has 0 aliphatic rings. The number of ether oxygens (including phenoxy) is 1. The smallest absolute Gasteiger partial charge is 0.417 e. The maximum absolute atomic E-state index is 13.6. The third kappa shape index (κ3) is 6.73. The van der Waals surface area contributed by atoms with Gasteiger partial charge in [0.2, 0.25) is 0 Å². The SMILES string of the molecule is COC(=O)CC(NC(=O)c1cc(-c2ccccc2C(F)(F)F)ccc1O)c1ccc(-c2ccccc2C(F)(F)F)cc1. The second-order valence-corrected chi connectivity index (χ2v) is 9.25. The molecule has 4 aromatic rings. The first-order valence-electron chi connectivity index (χ1n) is 12.4. The van der Waals surface area contributed by atoms with E-state index >= 15 is 0 Å². The first-order valence-corrected chi connectivity index (χ1v) is 12.4. The normalized spacial score (nSPS) is 12.5. The zero-order valence-electron chi connectivity index (χ0n) is 21.9. The van der Waals surface area contributed by atoms with E-state index < -0.39 is 47.1 Å². The molecule has 4 rings (SSSR count). The van der Waals surface area contributed by atoms with Crippen LogP contribution in [0.4, 0.5) is 26.3 Å². The van der Waals surface area contributed by atoms with Crippen molar-refractivity contribution in [2.75, 3.05) is 7.11 Å². The van der Waals surface area contributed by atoms with Crippen molar-refractivity contribution >= 4 is 11.9 Å². The molecule has 5 nitrogen and oxygen atoms in total. The number of benzene rings is 4. The maximum atomic E-state index is 13.6. The molecule has 0 bridgehead atoms. The predicted octanol–water partition coefficient (Wildman–Crippen LogP) is 7.80. The van der Waals surface area contributed by atoms with Gasteiger partial charge in [-0.05, 0) is 52.1 Å². The second kappa shape index (κ2) is 12.0. The van der Waals surface area contributed by atoms with Gasteiger partial charge in [-0.3, -0.25) is 9.59 Å². The molecule has 218 valence electrons. The second-order valence-electron chi connectivity index (χ2n) is 9.25. The van der Waals surface area contributed by atoms with Gasteiger partial charge in [-0.15, -0.1) is 0 Å². The Morgan fingerprint density at radius 3 is 1.79 bits per heavy atom. The van der Waals surface area contributed by atoms with E-state index in [1.165, 1.54) is 66.7 Å². The molecular weight excluding hydrogens is 564 g/mol. The topological polar surface area (TPSA) is 75.6 Å². The highest BCUT2D eigenvalue weighted by molar-refractivity contribution is 5.98. The summed E-state index contributed by atoms with van der Waals surface area (Å²) in [6.45, 7) is 0. The molecule has 11 heteroatoms. The number of amides is 1. The fourth-order valence-electron chi connectivity index (χ4n) is 4.48. The Hall–Kier alpha value is -4.80. The highest BCUT2D eigenvalue weighted by Gasteiger charge is 2.34. The summed E-state index contributed by atoms with van der Waals surface area (Å²) in [7, 11) is 1.13. The number of phenolic OH excluding ortho intramolecular Hbond substituents is 1. The summed E-state index contributed by atoms with van der Waals surface area (Å²) in [5, 5.41) is 13.0. The van der Waals surface area contributed by atoms with Gasteiger partial charge in [-0.1, -0.05) is 66.7 Å². The maximum Gasteiger partial charge on any atom is 0.417 e. The van der Waals surface area contributed by atoms with E-state index in [9.17, 15) is 41.0 Å². The van der Waals surface area contributed by atoms with Crippen molar-refractivity contribution in [3.05, 3.63) is 113 Å². The number of phenols is 1. The van der Waals surface area contributed by atoms with Crippen LogP contribution in [-0.2, 0) is 21.9 Å². The minimum atomic E-state index is -4.67. The predicted molar refractivity (Wildman–Crippen MR) is 142 cm³/mol. The first kappa shape index (κ1) is 30.2. The van der Waals surface area contributed by atoms with E-state index in [2.05, 4.69) is 5.32 Å². The summed E-state index contributed by atoms with van der Waals surface area (Å²) in [4.78, 5) is 25.4. The number of hydrogen-bond acceptors (Lipinski definition) is 4. The lowest BCUT2D eigenvalue weighted by molar-refractivity contribution is -0.141. The van der Waals surface area contributed by atoms with Crippen LogP contribution in [-0.4, -0.2) is 24.1 Å². The third-order valence-corrected chi connectivity index (χ3v) is 6.54. The molecule has 4 aromatic carbocycles. The average molecular weight is 588 g/mol. The fraction of sp³-hybridized carbons (Fsp3) is 0.161. The zero-order chi connectivity index (χ0) is 30.7. The average Bonchev–Trinajstić information content (AvgIpc) is 2.96. The summed E-state index contributed by atoms with van der Waals surface area (Å²) in [5.41, 5.74) is -1.80. The van der Waals surface area contributed by atoms with Crippen molar-refractivity contribution in [1.29, 1.82) is 0 Å². The van der Waals surface area contributed by atoms with Crippen molar-refractivity contribution in [3.8, 4) is 28.0 Å². The Bertz CT molecular complexity index is 1600. The van der Waals surface area contributed by atoms with Gasteiger partial charge >= 0.3 is 18.3 Å². The Labute approximate surface area is 236 Å². The molecule has 1 unspecified atom stereocenters. The Balaban J connectivity index is 1.67. The number of nitrogens with one attached hydrogen (secondary N) is 1. The van der Waals surface area contributed by atoms with Gasteiger partial charge in [0.25, 0.3) is 5.91 Å². The first-order chi connectivity index (χ1) is 19.8. The number of halogens is 6. The highest BCUT2D eigenvalue weighted by Crippen LogP contribution is 2.39. The van der Waals surface area contributed by atoms with Gasteiger partial charge in [-0.25, -0.2) is 0 Å². The molecule has 1 atom stereocenters. The summed E-state index contributed by atoms with van der Waals surface area (Å²) >= 11 is 0. The molecule has 0 spiro atoms.